The molecule has 1 aromatic heterocycles. The number of halogens is 2. The van der Waals surface area contributed by atoms with Crippen molar-refractivity contribution in [2.75, 3.05) is 0 Å². The summed E-state index contributed by atoms with van der Waals surface area (Å²) < 4.78 is 1.78. The predicted octanol–water partition coefficient (Wildman–Crippen LogP) is 2.41. The molecule has 2 rings (SSSR count). The molecule has 0 saturated heterocycles. The summed E-state index contributed by atoms with van der Waals surface area (Å²) in [5, 5.41) is 4.87. The molecule has 0 radical (unpaired) electrons. The van der Waals surface area contributed by atoms with Gasteiger partial charge in [0.15, 0.2) is 0 Å². The molecule has 80 valence electrons. The van der Waals surface area contributed by atoms with Gasteiger partial charge in [-0.05, 0) is 24.3 Å². The largest absolute Gasteiger partial charge is 0.325 e. The van der Waals surface area contributed by atoms with Crippen LogP contribution in [-0.2, 0) is 6.54 Å². The Bertz CT molecular complexity index is 440. The van der Waals surface area contributed by atoms with Crippen molar-refractivity contribution >= 4 is 24.0 Å². The second-order valence-electron chi connectivity index (χ2n) is 2.92. The quantitative estimate of drug-likeness (QED) is 0.881. The first kappa shape index (κ1) is 12.0. The van der Waals surface area contributed by atoms with Gasteiger partial charge in [0.05, 0.1) is 11.4 Å². The Morgan fingerprint density at radius 1 is 1.33 bits per heavy atom. The third kappa shape index (κ3) is 2.50. The minimum absolute atomic E-state index is 0. The molecule has 15 heavy (non-hydrogen) atoms. The van der Waals surface area contributed by atoms with Gasteiger partial charge >= 0.3 is 0 Å². The van der Waals surface area contributed by atoms with Crippen molar-refractivity contribution < 1.29 is 0 Å². The molecule has 5 heteroatoms. The van der Waals surface area contributed by atoms with Crippen LogP contribution in [0.4, 0.5) is 0 Å². The molecule has 0 atom stereocenters. The lowest BCUT2D eigenvalue weighted by molar-refractivity contribution is 0.804. The smallest absolute Gasteiger partial charge is 0.0664 e. The summed E-state index contributed by atoms with van der Waals surface area (Å²) in [4.78, 5) is 0. The topological polar surface area (TPSA) is 43.8 Å². The molecule has 0 bridgehead atoms. The maximum Gasteiger partial charge on any atom is 0.0664 e. The summed E-state index contributed by atoms with van der Waals surface area (Å²) in [7, 11) is 0. The minimum Gasteiger partial charge on any atom is -0.325 e. The van der Waals surface area contributed by atoms with Crippen LogP contribution in [0.1, 0.15) is 5.69 Å². The normalized spacial score (nSPS) is 9.73. The zero-order valence-electron chi connectivity index (χ0n) is 7.93. The summed E-state index contributed by atoms with van der Waals surface area (Å²) in [6.45, 7) is 0.465. The monoisotopic (exact) mass is 243 g/mol. The van der Waals surface area contributed by atoms with Crippen molar-refractivity contribution in [2.24, 2.45) is 5.73 Å². The van der Waals surface area contributed by atoms with E-state index in [1.807, 2.05) is 30.3 Å². The van der Waals surface area contributed by atoms with E-state index in [9.17, 15) is 0 Å². The molecule has 0 saturated carbocycles. The Morgan fingerprint density at radius 2 is 2.13 bits per heavy atom. The Labute approximate surface area is 99.3 Å². The van der Waals surface area contributed by atoms with Gasteiger partial charge in [-0.1, -0.05) is 17.7 Å². The number of benzene rings is 1. The van der Waals surface area contributed by atoms with Gasteiger partial charge in [0.25, 0.3) is 0 Å². The first-order chi connectivity index (χ1) is 6.81. The van der Waals surface area contributed by atoms with E-state index in [2.05, 4.69) is 5.10 Å². The van der Waals surface area contributed by atoms with E-state index >= 15 is 0 Å². The highest BCUT2D eigenvalue weighted by atomic mass is 35.5. The molecule has 0 aliphatic heterocycles. The van der Waals surface area contributed by atoms with Crippen LogP contribution >= 0.6 is 24.0 Å². The van der Waals surface area contributed by atoms with Gasteiger partial charge in [-0.25, -0.2) is 4.68 Å². The summed E-state index contributed by atoms with van der Waals surface area (Å²) in [5.74, 6) is 0. The van der Waals surface area contributed by atoms with Crippen molar-refractivity contribution in [3.05, 3.63) is 47.2 Å². The lowest BCUT2D eigenvalue weighted by Crippen LogP contribution is -2.06. The average Bonchev–Trinajstić information content (AvgIpc) is 2.65. The van der Waals surface area contributed by atoms with Crippen LogP contribution in [0.25, 0.3) is 5.69 Å². The number of nitrogens with two attached hydrogens (primary N) is 1. The van der Waals surface area contributed by atoms with E-state index < -0.39 is 0 Å². The van der Waals surface area contributed by atoms with Gasteiger partial charge in [0, 0.05) is 17.8 Å². The highest BCUT2D eigenvalue weighted by Gasteiger charge is 2.02. The van der Waals surface area contributed by atoms with E-state index in [1.165, 1.54) is 0 Å². The number of hydrogen-bond acceptors (Lipinski definition) is 2. The molecule has 2 aromatic rings. The fraction of sp³-hybridized carbons (Fsp3) is 0.100. The van der Waals surface area contributed by atoms with Crippen molar-refractivity contribution in [1.29, 1.82) is 0 Å². The molecule has 0 fully saturated rings. The maximum absolute atomic E-state index is 5.88. The fourth-order valence-electron chi connectivity index (χ4n) is 1.33. The SMILES string of the molecule is Cl.NCc1ccnn1-c1cccc(Cl)c1. The van der Waals surface area contributed by atoms with E-state index in [1.54, 1.807) is 10.9 Å². The fourth-order valence-corrected chi connectivity index (χ4v) is 1.51. The molecule has 0 aliphatic carbocycles. The van der Waals surface area contributed by atoms with Crippen LogP contribution in [0, 0.1) is 0 Å². The van der Waals surface area contributed by atoms with Gasteiger partial charge < -0.3 is 5.73 Å². The van der Waals surface area contributed by atoms with Crippen molar-refractivity contribution in [2.45, 2.75) is 6.54 Å². The standard InChI is InChI=1S/C10H10ClN3.ClH/c11-8-2-1-3-9(6-8)14-10(7-12)4-5-13-14;/h1-6H,7,12H2;1H. The first-order valence-electron chi connectivity index (χ1n) is 4.30. The predicted molar refractivity (Wildman–Crippen MR) is 63.7 cm³/mol. The third-order valence-electron chi connectivity index (χ3n) is 1.98. The Morgan fingerprint density at radius 3 is 2.80 bits per heavy atom. The Balaban J connectivity index is 0.00000112. The second-order valence-corrected chi connectivity index (χ2v) is 3.35. The van der Waals surface area contributed by atoms with Gasteiger partial charge in [-0.15, -0.1) is 12.4 Å². The number of hydrogen-bond donors (Lipinski definition) is 1. The van der Waals surface area contributed by atoms with Crippen LogP contribution < -0.4 is 5.73 Å². The summed E-state index contributed by atoms with van der Waals surface area (Å²) >= 11 is 5.88. The summed E-state index contributed by atoms with van der Waals surface area (Å²) in [6.07, 6.45) is 1.73. The van der Waals surface area contributed by atoms with Crippen LogP contribution in [0.5, 0.6) is 0 Å². The number of nitrogens with zero attached hydrogens (tertiary/aromatic N) is 2. The Kier molecular flexibility index (Phi) is 4.15. The molecular weight excluding hydrogens is 233 g/mol. The molecule has 2 N–H and O–H groups in total. The lowest BCUT2D eigenvalue weighted by Gasteiger charge is -2.05. The Hall–Kier alpha value is -1.03. The summed E-state index contributed by atoms with van der Waals surface area (Å²) in [5.41, 5.74) is 7.48. The third-order valence-corrected chi connectivity index (χ3v) is 2.22. The second kappa shape index (κ2) is 5.16. The molecule has 0 aliphatic rings. The zero-order chi connectivity index (χ0) is 9.97. The molecule has 0 spiro atoms. The average molecular weight is 244 g/mol. The van der Waals surface area contributed by atoms with E-state index in [0.29, 0.717) is 11.6 Å². The van der Waals surface area contributed by atoms with Gasteiger partial charge in [-0.2, -0.15) is 5.10 Å². The molecule has 1 aromatic carbocycles. The summed E-state index contributed by atoms with van der Waals surface area (Å²) in [6, 6.07) is 9.41. The molecule has 0 unspecified atom stereocenters. The first-order valence-corrected chi connectivity index (χ1v) is 4.68. The maximum atomic E-state index is 5.88. The van der Waals surface area contributed by atoms with Crippen LogP contribution in [0.15, 0.2) is 36.5 Å². The highest BCUT2D eigenvalue weighted by Crippen LogP contribution is 2.15. The molecular formula is C10H11Cl2N3. The van der Waals surface area contributed by atoms with Crippen LogP contribution in [0.3, 0.4) is 0 Å². The van der Waals surface area contributed by atoms with Gasteiger partial charge in [-0.3, -0.25) is 0 Å². The van der Waals surface area contributed by atoms with Gasteiger partial charge in [0.2, 0.25) is 0 Å². The molecule has 0 amide bonds. The lowest BCUT2D eigenvalue weighted by atomic mass is 10.3. The highest BCUT2D eigenvalue weighted by molar-refractivity contribution is 6.30. The zero-order valence-corrected chi connectivity index (χ0v) is 9.50. The van der Waals surface area contributed by atoms with Crippen LogP contribution in [-0.4, -0.2) is 9.78 Å². The van der Waals surface area contributed by atoms with Crippen molar-refractivity contribution in [3.63, 3.8) is 0 Å². The molecule has 1 heterocycles. The van der Waals surface area contributed by atoms with Gasteiger partial charge in [0.1, 0.15) is 0 Å². The van der Waals surface area contributed by atoms with Crippen molar-refractivity contribution in [1.82, 2.24) is 9.78 Å². The minimum atomic E-state index is 0. The van der Waals surface area contributed by atoms with E-state index in [4.69, 9.17) is 17.3 Å². The molecule has 3 nitrogen and oxygen atoms in total. The number of aromatic nitrogens is 2. The van der Waals surface area contributed by atoms with Crippen LogP contribution in [0.2, 0.25) is 5.02 Å². The van der Waals surface area contributed by atoms with Crippen molar-refractivity contribution in [3.8, 4) is 5.69 Å². The van der Waals surface area contributed by atoms with E-state index in [-0.39, 0.29) is 12.4 Å². The van der Waals surface area contributed by atoms with E-state index in [0.717, 1.165) is 11.4 Å². The number of rotatable bonds is 2.